The largest absolute Gasteiger partial charge is 0.350 e. The molecular weight excluding hydrogens is 294 g/mol. The van der Waals surface area contributed by atoms with Crippen LogP contribution in [0.15, 0.2) is 35.7 Å². The van der Waals surface area contributed by atoms with Crippen molar-refractivity contribution >= 4 is 17.2 Å². The Balaban J connectivity index is 1.43. The number of allylic oxidation sites excluding steroid dienone is 2. The molecule has 0 radical (unpaired) electrons. The molecule has 2 aliphatic carbocycles. The topological polar surface area (TPSA) is 46.9 Å². The molecule has 2 aromatic rings. The van der Waals surface area contributed by atoms with Crippen LogP contribution in [-0.2, 0) is 7.05 Å². The van der Waals surface area contributed by atoms with Crippen molar-refractivity contribution in [3.63, 3.8) is 0 Å². The van der Waals surface area contributed by atoms with Gasteiger partial charge in [0.1, 0.15) is 11.4 Å². The van der Waals surface area contributed by atoms with Crippen LogP contribution >= 0.6 is 11.3 Å². The fourth-order valence-electron chi connectivity index (χ4n) is 3.67. The minimum absolute atomic E-state index is 0.0236. The second-order valence-corrected chi connectivity index (χ2v) is 7.21. The Bertz CT molecular complexity index is 716. The lowest BCUT2D eigenvalue weighted by Gasteiger charge is -2.18. The summed E-state index contributed by atoms with van der Waals surface area (Å²) in [4.78, 5) is 13.5. The number of fused-ring (bicyclic) bond motifs is 2. The normalized spacial score (nSPS) is 25.8. The Morgan fingerprint density at radius 1 is 1.45 bits per heavy atom. The SMILES string of the molecule is Cn1nc(-c2cccs2)cc1C(=O)NCC1CC2C=CC1C2. The monoisotopic (exact) mass is 313 g/mol. The van der Waals surface area contributed by atoms with Crippen LogP contribution in [0.4, 0.5) is 0 Å². The van der Waals surface area contributed by atoms with E-state index in [9.17, 15) is 4.79 Å². The molecule has 4 nitrogen and oxygen atoms in total. The van der Waals surface area contributed by atoms with Gasteiger partial charge in [0.25, 0.3) is 5.91 Å². The van der Waals surface area contributed by atoms with Crippen LogP contribution in [0, 0.1) is 17.8 Å². The fourth-order valence-corrected chi connectivity index (χ4v) is 4.35. The highest BCUT2D eigenvalue weighted by Crippen LogP contribution is 2.42. The van der Waals surface area contributed by atoms with Gasteiger partial charge in [0.05, 0.1) is 4.88 Å². The average Bonchev–Trinajstić information content (AvgIpc) is 3.27. The van der Waals surface area contributed by atoms with Gasteiger partial charge in [-0.2, -0.15) is 5.10 Å². The van der Waals surface area contributed by atoms with Crippen molar-refractivity contribution in [2.45, 2.75) is 12.8 Å². The maximum atomic E-state index is 12.4. The molecule has 114 valence electrons. The van der Waals surface area contributed by atoms with Crippen LogP contribution in [0.5, 0.6) is 0 Å². The van der Waals surface area contributed by atoms with Gasteiger partial charge in [0.2, 0.25) is 0 Å². The molecule has 1 fully saturated rings. The molecule has 0 aromatic carbocycles. The first-order valence-electron chi connectivity index (χ1n) is 7.75. The van der Waals surface area contributed by atoms with Gasteiger partial charge in [-0.1, -0.05) is 18.2 Å². The van der Waals surface area contributed by atoms with E-state index in [4.69, 9.17) is 0 Å². The zero-order chi connectivity index (χ0) is 15.1. The predicted octanol–water partition coefficient (Wildman–Crippen LogP) is 3.09. The molecule has 5 heteroatoms. The Kier molecular flexibility index (Phi) is 3.37. The maximum absolute atomic E-state index is 12.4. The second kappa shape index (κ2) is 5.39. The minimum atomic E-state index is -0.0236. The summed E-state index contributed by atoms with van der Waals surface area (Å²) in [7, 11) is 1.83. The van der Waals surface area contributed by atoms with Gasteiger partial charge in [-0.25, -0.2) is 0 Å². The van der Waals surface area contributed by atoms with Gasteiger partial charge >= 0.3 is 0 Å². The molecule has 1 saturated carbocycles. The zero-order valence-corrected chi connectivity index (χ0v) is 13.3. The second-order valence-electron chi connectivity index (χ2n) is 6.27. The van der Waals surface area contributed by atoms with Crippen LogP contribution in [-0.4, -0.2) is 22.2 Å². The van der Waals surface area contributed by atoms with E-state index in [-0.39, 0.29) is 5.91 Å². The summed E-state index contributed by atoms with van der Waals surface area (Å²) in [6, 6.07) is 5.90. The summed E-state index contributed by atoms with van der Waals surface area (Å²) in [5, 5.41) is 9.56. The fraction of sp³-hybridized carbons (Fsp3) is 0.412. The van der Waals surface area contributed by atoms with Crippen LogP contribution in [0.2, 0.25) is 0 Å². The van der Waals surface area contributed by atoms with Gasteiger partial charge < -0.3 is 5.32 Å². The lowest BCUT2D eigenvalue weighted by atomic mass is 9.93. The third-order valence-corrected chi connectivity index (χ3v) is 5.72. The summed E-state index contributed by atoms with van der Waals surface area (Å²) >= 11 is 1.64. The Hall–Kier alpha value is -1.88. The standard InChI is InChI=1S/C17H19N3OS/c1-20-15(9-14(19-20)16-3-2-6-22-16)17(21)18-10-13-8-11-4-5-12(13)7-11/h2-6,9,11-13H,7-8,10H2,1H3,(H,18,21). The first-order valence-corrected chi connectivity index (χ1v) is 8.63. The van der Waals surface area contributed by atoms with Crippen molar-refractivity contribution in [3.05, 3.63) is 41.4 Å². The van der Waals surface area contributed by atoms with Gasteiger partial charge in [-0.3, -0.25) is 9.48 Å². The van der Waals surface area contributed by atoms with Crippen LogP contribution < -0.4 is 5.32 Å². The number of nitrogens with one attached hydrogen (secondary N) is 1. The van der Waals surface area contributed by atoms with Crippen LogP contribution in [0.25, 0.3) is 10.6 Å². The first-order chi connectivity index (χ1) is 10.7. The number of hydrogen-bond acceptors (Lipinski definition) is 3. The van der Waals surface area contributed by atoms with E-state index in [0.717, 1.165) is 23.0 Å². The smallest absolute Gasteiger partial charge is 0.269 e. The maximum Gasteiger partial charge on any atom is 0.269 e. The van der Waals surface area contributed by atoms with E-state index in [2.05, 4.69) is 22.6 Å². The Labute approximate surface area is 133 Å². The molecule has 0 saturated heterocycles. The number of aromatic nitrogens is 2. The van der Waals surface area contributed by atoms with Gasteiger partial charge in [-0.05, 0) is 48.1 Å². The molecule has 0 aliphatic heterocycles. The third kappa shape index (κ3) is 2.39. The highest BCUT2D eigenvalue weighted by atomic mass is 32.1. The Morgan fingerprint density at radius 2 is 2.36 bits per heavy atom. The van der Waals surface area contributed by atoms with Crippen LogP contribution in [0.3, 0.4) is 0 Å². The summed E-state index contributed by atoms with van der Waals surface area (Å²) < 4.78 is 1.67. The van der Waals surface area contributed by atoms with Gasteiger partial charge in [0, 0.05) is 13.6 Å². The lowest BCUT2D eigenvalue weighted by molar-refractivity contribution is 0.0935. The van der Waals surface area contributed by atoms with Crippen molar-refractivity contribution in [1.29, 1.82) is 0 Å². The van der Waals surface area contributed by atoms with E-state index < -0.39 is 0 Å². The predicted molar refractivity (Wildman–Crippen MR) is 87.7 cm³/mol. The van der Waals surface area contributed by atoms with Crippen molar-refractivity contribution in [2.24, 2.45) is 24.8 Å². The number of carbonyl (C=O) groups excluding carboxylic acids is 1. The lowest BCUT2D eigenvalue weighted by Crippen LogP contribution is -2.32. The average molecular weight is 313 g/mol. The number of amides is 1. The molecule has 1 amide bonds. The van der Waals surface area contributed by atoms with E-state index >= 15 is 0 Å². The van der Waals surface area contributed by atoms with Crippen molar-refractivity contribution in [3.8, 4) is 10.6 Å². The molecule has 3 unspecified atom stereocenters. The summed E-state index contributed by atoms with van der Waals surface area (Å²) in [6.45, 7) is 0.768. The number of rotatable bonds is 4. The number of nitrogens with zero attached hydrogens (tertiary/aromatic N) is 2. The zero-order valence-electron chi connectivity index (χ0n) is 12.5. The number of hydrogen-bond donors (Lipinski definition) is 1. The highest BCUT2D eigenvalue weighted by Gasteiger charge is 2.35. The van der Waals surface area contributed by atoms with Crippen molar-refractivity contribution < 1.29 is 4.79 Å². The summed E-state index contributed by atoms with van der Waals surface area (Å²) in [6.07, 6.45) is 7.14. The molecule has 3 atom stereocenters. The molecule has 2 heterocycles. The highest BCUT2D eigenvalue weighted by molar-refractivity contribution is 7.13. The van der Waals surface area contributed by atoms with E-state index in [1.807, 2.05) is 30.6 Å². The molecular formula is C17H19N3OS. The third-order valence-electron chi connectivity index (χ3n) is 4.83. The number of aryl methyl sites for hydroxylation is 1. The van der Waals surface area contributed by atoms with E-state index in [1.54, 1.807) is 16.0 Å². The minimum Gasteiger partial charge on any atom is -0.350 e. The van der Waals surface area contributed by atoms with E-state index in [1.165, 1.54) is 12.8 Å². The molecule has 1 N–H and O–H groups in total. The van der Waals surface area contributed by atoms with Crippen molar-refractivity contribution in [1.82, 2.24) is 15.1 Å². The van der Waals surface area contributed by atoms with E-state index in [0.29, 0.717) is 17.5 Å². The number of thiophene rings is 1. The quantitative estimate of drug-likeness (QED) is 0.882. The molecule has 2 aromatic heterocycles. The number of carbonyl (C=O) groups is 1. The molecule has 0 spiro atoms. The molecule has 2 bridgehead atoms. The van der Waals surface area contributed by atoms with Gasteiger partial charge in [0.15, 0.2) is 0 Å². The first kappa shape index (κ1) is 13.8. The van der Waals surface area contributed by atoms with Crippen molar-refractivity contribution in [2.75, 3.05) is 6.54 Å². The molecule has 22 heavy (non-hydrogen) atoms. The molecule has 4 rings (SSSR count). The van der Waals surface area contributed by atoms with Crippen LogP contribution in [0.1, 0.15) is 23.3 Å². The summed E-state index contributed by atoms with van der Waals surface area (Å²) in [5.41, 5.74) is 1.49. The Morgan fingerprint density at radius 3 is 3.05 bits per heavy atom. The molecule has 2 aliphatic rings. The van der Waals surface area contributed by atoms with Gasteiger partial charge in [-0.15, -0.1) is 11.3 Å². The summed E-state index contributed by atoms with van der Waals surface area (Å²) in [5.74, 6) is 1.99.